The highest BCUT2D eigenvalue weighted by atomic mass is 16.5. The van der Waals surface area contributed by atoms with Crippen molar-refractivity contribution in [1.29, 1.82) is 0 Å². The quantitative estimate of drug-likeness (QED) is 0.298. The fourth-order valence-electron chi connectivity index (χ4n) is 1.83. The number of methoxy groups -OCH3 is 1. The van der Waals surface area contributed by atoms with Crippen molar-refractivity contribution >= 4 is 5.97 Å². The SMILES string of the molecule is COC(=O)CCCCCCC/C=C/CCC(C)C. The maximum atomic E-state index is 10.9. The Morgan fingerprint density at radius 1 is 1.00 bits per heavy atom. The number of hydrogen-bond acceptors (Lipinski definition) is 2. The molecular weight excluding hydrogens is 224 g/mol. The molecule has 0 aliphatic heterocycles. The van der Waals surface area contributed by atoms with E-state index in [0.29, 0.717) is 6.42 Å². The van der Waals surface area contributed by atoms with Gasteiger partial charge in [-0.05, 0) is 38.0 Å². The van der Waals surface area contributed by atoms with E-state index in [1.807, 2.05) is 0 Å². The number of ether oxygens (including phenoxy) is 1. The van der Waals surface area contributed by atoms with Crippen LogP contribution in [-0.4, -0.2) is 13.1 Å². The molecule has 18 heavy (non-hydrogen) atoms. The predicted molar refractivity (Wildman–Crippen MR) is 77.5 cm³/mol. The molecule has 0 unspecified atom stereocenters. The van der Waals surface area contributed by atoms with Crippen LogP contribution in [0.4, 0.5) is 0 Å². The van der Waals surface area contributed by atoms with E-state index in [4.69, 9.17) is 0 Å². The molecule has 0 bridgehead atoms. The first-order chi connectivity index (χ1) is 8.66. The van der Waals surface area contributed by atoms with Gasteiger partial charge in [-0.15, -0.1) is 0 Å². The van der Waals surface area contributed by atoms with Gasteiger partial charge in [0.1, 0.15) is 0 Å². The Kier molecular flexibility index (Phi) is 12.1. The predicted octanol–water partition coefficient (Wildman–Crippen LogP) is 4.88. The van der Waals surface area contributed by atoms with Crippen LogP contribution in [-0.2, 0) is 9.53 Å². The smallest absolute Gasteiger partial charge is 0.305 e. The fourth-order valence-corrected chi connectivity index (χ4v) is 1.83. The third-order valence-corrected chi connectivity index (χ3v) is 3.06. The number of unbranched alkanes of at least 4 members (excludes halogenated alkanes) is 5. The summed E-state index contributed by atoms with van der Waals surface area (Å²) in [7, 11) is 1.45. The van der Waals surface area contributed by atoms with Gasteiger partial charge in [-0.2, -0.15) is 0 Å². The van der Waals surface area contributed by atoms with Crippen molar-refractivity contribution in [3.63, 3.8) is 0 Å². The van der Waals surface area contributed by atoms with E-state index >= 15 is 0 Å². The van der Waals surface area contributed by atoms with Gasteiger partial charge in [0.2, 0.25) is 0 Å². The zero-order valence-corrected chi connectivity index (χ0v) is 12.4. The summed E-state index contributed by atoms with van der Waals surface area (Å²) in [5, 5.41) is 0. The molecule has 0 heterocycles. The molecule has 0 aromatic rings. The summed E-state index contributed by atoms with van der Waals surface area (Å²) >= 11 is 0. The lowest BCUT2D eigenvalue weighted by Crippen LogP contribution is -1.98. The molecule has 0 spiro atoms. The van der Waals surface area contributed by atoms with Crippen molar-refractivity contribution in [1.82, 2.24) is 0 Å². The normalized spacial score (nSPS) is 11.3. The molecule has 0 saturated heterocycles. The lowest BCUT2D eigenvalue weighted by atomic mass is 10.1. The number of carbonyl (C=O) groups excluding carboxylic acids is 1. The lowest BCUT2D eigenvalue weighted by Gasteiger charge is -2.00. The van der Waals surface area contributed by atoms with Gasteiger partial charge in [-0.1, -0.05) is 45.3 Å². The highest BCUT2D eigenvalue weighted by Crippen LogP contribution is 2.09. The molecule has 0 amide bonds. The van der Waals surface area contributed by atoms with Crippen LogP contribution in [0.5, 0.6) is 0 Å². The van der Waals surface area contributed by atoms with Gasteiger partial charge < -0.3 is 4.74 Å². The van der Waals surface area contributed by atoms with Crippen molar-refractivity contribution < 1.29 is 9.53 Å². The summed E-state index contributed by atoms with van der Waals surface area (Å²) in [5.41, 5.74) is 0. The van der Waals surface area contributed by atoms with Crippen LogP contribution >= 0.6 is 0 Å². The average Bonchev–Trinajstić information content (AvgIpc) is 2.35. The van der Waals surface area contributed by atoms with Gasteiger partial charge in [0.15, 0.2) is 0 Å². The zero-order valence-electron chi connectivity index (χ0n) is 12.4. The zero-order chi connectivity index (χ0) is 13.6. The van der Waals surface area contributed by atoms with Gasteiger partial charge in [-0.3, -0.25) is 4.79 Å². The number of allylic oxidation sites excluding steroid dienone is 2. The van der Waals surface area contributed by atoms with Crippen LogP contribution in [0.15, 0.2) is 12.2 Å². The summed E-state index contributed by atoms with van der Waals surface area (Å²) in [4.78, 5) is 10.9. The Morgan fingerprint density at radius 3 is 2.28 bits per heavy atom. The maximum absolute atomic E-state index is 10.9. The minimum absolute atomic E-state index is 0.0805. The summed E-state index contributed by atoms with van der Waals surface area (Å²) in [6.07, 6.45) is 14.8. The molecule has 2 heteroatoms. The standard InChI is InChI=1S/C16H30O2/c1-15(2)13-11-9-7-5-4-6-8-10-12-14-16(17)18-3/h7,9,15H,4-6,8,10-14H2,1-3H3/b9-7+. The van der Waals surface area contributed by atoms with E-state index in [1.165, 1.54) is 45.6 Å². The van der Waals surface area contributed by atoms with Crippen molar-refractivity contribution in [2.75, 3.05) is 7.11 Å². The third-order valence-electron chi connectivity index (χ3n) is 3.06. The van der Waals surface area contributed by atoms with E-state index < -0.39 is 0 Å². The first kappa shape index (κ1) is 17.2. The molecule has 0 saturated carbocycles. The van der Waals surface area contributed by atoms with Gasteiger partial charge in [0.25, 0.3) is 0 Å². The second kappa shape index (κ2) is 12.7. The van der Waals surface area contributed by atoms with Crippen molar-refractivity contribution in [2.45, 2.75) is 71.6 Å². The fraction of sp³-hybridized carbons (Fsp3) is 0.812. The van der Waals surface area contributed by atoms with Gasteiger partial charge in [-0.25, -0.2) is 0 Å². The second-order valence-electron chi connectivity index (χ2n) is 5.33. The van der Waals surface area contributed by atoms with Gasteiger partial charge in [0.05, 0.1) is 7.11 Å². The Bertz CT molecular complexity index is 219. The van der Waals surface area contributed by atoms with Gasteiger partial charge in [0, 0.05) is 6.42 Å². The highest BCUT2D eigenvalue weighted by molar-refractivity contribution is 5.68. The van der Waals surface area contributed by atoms with Crippen LogP contribution in [0.3, 0.4) is 0 Å². The number of hydrogen-bond donors (Lipinski definition) is 0. The summed E-state index contributed by atoms with van der Waals surface area (Å²) in [5.74, 6) is 0.729. The van der Waals surface area contributed by atoms with Crippen molar-refractivity contribution in [3.05, 3.63) is 12.2 Å². The molecule has 0 N–H and O–H groups in total. The van der Waals surface area contributed by atoms with Crippen molar-refractivity contribution in [3.8, 4) is 0 Å². The van der Waals surface area contributed by atoms with E-state index in [0.717, 1.165) is 18.8 Å². The van der Waals surface area contributed by atoms with Crippen LogP contribution in [0.25, 0.3) is 0 Å². The van der Waals surface area contributed by atoms with Crippen LogP contribution in [0.2, 0.25) is 0 Å². The molecule has 0 atom stereocenters. The highest BCUT2D eigenvalue weighted by Gasteiger charge is 1.98. The number of carbonyl (C=O) groups is 1. The molecule has 0 aliphatic carbocycles. The second-order valence-corrected chi connectivity index (χ2v) is 5.33. The topological polar surface area (TPSA) is 26.3 Å². The Balaban J connectivity index is 3.14. The third kappa shape index (κ3) is 13.3. The molecule has 0 rings (SSSR count). The van der Waals surface area contributed by atoms with Crippen LogP contribution in [0.1, 0.15) is 71.6 Å². The van der Waals surface area contributed by atoms with Crippen LogP contribution in [0, 0.1) is 5.92 Å². The van der Waals surface area contributed by atoms with E-state index in [2.05, 4.69) is 30.7 Å². The lowest BCUT2D eigenvalue weighted by molar-refractivity contribution is -0.140. The summed E-state index contributed by atoms with van der Waals surface area (Å²) < 4.78 is 4.60. The van der Waals surface area contributed by atoms with Gasteiger partial charge >= 0.3 is 5.97 Å². The van der Waals surface area contributed by atoms with E-state index in [1.54, 1.807) is 0 Å². The Hall–Kier alpha value is -0.790. The summed E-state index contributed by atoms with van der Waals surface area (Å²) in [6.45, 7) is 4.53. The molecule has 0 aliphatic rings. The average molecular weight is 254 g/mol. The molecule has 106 valence electrons. The van der Waals surface area contributed by atoms with E-state index in [-0.39, 0.29) is 5.97 Å². The summed E-state index contributed by atoms with van der Waals surface area (Å²) in [6, 6.07) is 0. The number of rotatable bonds is 11. The molecular formula is C16H30O2. The van der Waals surface area contributed by atoms with Crippen LogP contribution < -0.4 is 0 Å². The molecule has 0 radical (unpaired) electrons. The Labute approximate surface area is 113 Å². The maximum Gasteiger partial charge on any atom is 0.305 e. The molecule has 0 aromatic heterocycles. The van der Waals surface area contributed by atoms with E-state index in [9.17, 15) is 4.79 Å². The Morgan fingerprint density at radius 2 is 1.61 bits per heavy atom. The first-order valence-electron chi connectivity index (χ1n) is 7.38. The molecule has 0 fully saturated rings. The monoisotopic (exact) mass is 254 g/mol. The minimum Gasteiger partial charge on any atom is -0.469 e. The number of esters is 1. The molecule has 0 aromatic carbocycles. The van der Waals surface area contributed by atoms with Crippen molar-refractivity contribution in [2.24, 2.45) is 5.92 Å². The minimum atomic E-state index is -0.0805. The first-order valence-corrected chi connectivity index (χ1v) is 7.38. The molecule has 2 nitrogen and oxygen atoms in total. The largest absolute Gasteiger partial charge is 0.469 e.